The van der Waals surface area contributed by atoms with Crippen LogP contribution in [0.3, 0.4) is 0 Å². The van der Waals surface area contributed by atoms with Crippen LogP contribution in [0.1, 0.15) is 31.9 Å². The highest BCUT2D eigenvalue weighted by Crippen LogP contribution is 2.13. The summed E-state index contributed by atoms with van der Waals surface area (Å²) in [6, 6.07) is 6.44. The van der Waals surface area contributed by atoms with Crippen molar-refractivity contribution in [1.82, 2.24) is 0 Å². The Balaban J connectivity index is 0.000000423. The molecule has 0 aromatic heterocycles. The molecule has 1 heteroatoms. The average Bonchev–Trinajstić information content (AvgIpc) is 2.11. The second-order valence-corrected chi connectivity index (χ2v) is 4.04. The van der Waals surface area contributed by atoms with Crippen LogP contribution in [0, 0.1) is 13.8 Å². The van der Waals surface area contributed by atoms with Gasteiger partial charge in [0.15, 0.2) is 0 Å². The Morgan fingerprint density at radius 3 is 2.13 bits per heavy atom. The minimum atomic E-state index is 0.989. The molecule has 0 aliphatic carbocycles. The summed E-state index contributed by atoms with van der Waals surface area (Å²) >= 11 is 0. The van der Waals surface area contributed by atoms with Crippen molar-refractivity contribution < 1.29 is 0 Å². The lowest BCUT2D eigenvalue weighted by Crippen LogP contribution is -1.96. The lowest BCUT2D eigenvalue weighted by Gasteiger charge is -2.05. The second-order valence-electron chi connectivity index (χ2n) is 4.04. The number of benzene rings is 1. The van der Waals surface area contributed by atoms with Gasteiger partial charge in [-0.3, -0.25) is 0 Å². The molecule has 0 spiro atoms. The summed E-state index contributed by atoms with van der Waals surface area (Å²) in [4.78, 5) is 0. The van der Waals surface area contributed by atoms with E-state index < -0.39 is 0 Å². The molecule has 1 aromatic rings. The lowest BCUT2D eigenvalue weighted by atomic mass is 10.1. The normalized spacial score (nSPS) is 8.87. The van der Waals surface area contributed by atoms with E-state index in [1.165, 1.54) is 22.4 Å². The van der Waals surface area contributed by atoms with Gasteiger partial charge in [0, 0.05) is 12.2 Å². The fourth-order valence-corrected chi connectivity index (χ4v) is 1.06. The molecule has 1 nitrogen and oxygen atoms in total. The summed E-state index contributed by atoms with van der Waals surface area (Å²) in [5, 5.41) is 3.28. The number of anilines is 1. The van der Waals surface area contributed by atoms with Gasteiger partial charge in [0.2, 0.25) is 0 Å². The number of rotatable bonds is 2. The molecule has 1 aromatic carbocycles. The molecule has 1 N–H and O–H groups in total. The smallest absolute Gasteiger partial charge is 0.0342 e. The summed E-state index contributed by atoms with van der Waals surface area (Å²) in [5.41, 5.74) is 5.09. The highest BCUT2D eigenvalue weighted by Gasteiger charge is 1.92. The monoisotopic (exact) mass is 205 g/mol. The van der Waals surface area contributed by atoms with Gasteiger partial charge in [-0.1, -0.05) is 11.6 Å². The number of allylic oxidation sites excluding steroid dienone is 1. The molecule has 0 radical (unpaired) electrons. The predicted octanol–water partition coefficient (Wildman–Crippen LogP) is 4.32. The number of hydrogen-bond acceptors (Lipinski definition) is 1. The van der Waals surface area contributed by atoms with E-state index in [4.69, 9.17) is 0 Å². The van der Waals surface area contributed by atoms with Crippen LogP contribution in [0.2, 0.25) is 0 Å². The molecule has 0 unspecified atom stereocenters. The topological polar surface area (TPSA) is 12.0 Å². The van der Waals surface area contributed by atoms with Crippen LogP contribution >= 0.6 is 0 Å². The van der Waals surface area contributed by atoms with Crippen molar-refractivity contribution in [2.75, 3.05) is 11.9 Å². The SMILES string of the molecule is C=C(C)C.CCNc1ccc(C)c(C)c1. The molecule has 0 amide bonds. The van der Waals surface area contributed by atoms with Crippen molar-refractivity contribution in [2.24, 2.45) is 0 Å². The maximum Gasteiger partial charge on any atom is 0.0342 e. The third-order valence-corrected chi connectivity index (χ3v) is 1.89. The van der Waals surface area contributed by atoms with Gasteiger partial charge in [0.05, 0.1) is 0 Å². The predicted molar refractivity (Wildman–Crippen MR) is 70.6 cm³/mol. The Labute approximate surface area is 94.2 Å². The first kappa shape index (κ1) is 13.8. The Kier molecular flexibility index (Phi) is 6.52. The highest BCUT2D eigenvalue weighted by atomic mass is 14.8. The molecule has 0 fully saturated rings. The molecule has 0 bridgehead atoms. The van der Waals surface area contributed by atoms with E-state index in [-0.39, 0.29) is 0 Å². The molecule has 0 aliphatic rings. The fourth-order valence-electron chi connectivity index (χ4n) is 1.06. The maximum absolute atomic E-state index is 3.56. The zero-order valence-corrected chi connectivity index (χ0v) is 10.6. The van der Waals surface area contributed by atoms with Crippen LogP contribution in [-0.2, 0) is 0 Å². The largest absolute Gasteiger partial charge is 0.385 e. The molecule has 0 aliphatic heterocycles. The Hall–Kier alpha value is -1.24. The average molecular weight is 205 g/mol. The summed E-state index contributed by atoms with van der Waals surface area (Å²) in [5.74, 6) is 0. The highest BCUT2D eigenvalue weighted by molar-refractivity contribution is 5.47. The summed E-state index contributed by atoms with van der Waals surface area (Å²) in [6.07, 6.45) is 0. The number of hydrogen-bond donors (Lipinski definition) is 1. The standard InChI is InChI=1S/C10H15N.C4H8/c1-4-11-10-6-5-8(2)9(3)7-10;1-4(2)3/h5-7,11H,4H2,1-3H3;1H2,2-3H3. The summed E-state index contributed by atoms with van der Waals surface area (Å²) in [6.45, 7) is 14.9. The van der Waals surface area contributed by atoms with Gasteiger partial charge in [-0.2, -0.15) is 0 Å². The minimum Gasteiger partial charge on any atom is -0.385 e. The molecular weight excluding hydrogens is 182 g/mol. The van der Waals surface area contributed by atoms with Crippen molar-refractivity contribution in [1.29, 1.82) is 0 Å². The van der Waals surface area contributed by atoms with Gasteiger partial charge in [-0.25, -0.2) is 0 Å². The lowest BCUT2D eigenvalue weighted by molar-refractivity contribution is 1.20. The van der Waals surface area contributed by atoms with E-state index in [1.54, 1.807) is 0 Å². The van der Waals surface area contributed by atoms with E-state index in [0.29, 0.717) is 0 Å². The van der Waals surface area contributed by atoms with Crippen LogP contribution < -0.4 is 5.32 Å². The molecule has 1 rings (SSSR count). The van der Waals surface area contributed by atoms with Gasteiger partial charge in [-0.05, 0) is 57.9 Å². The zero-order valence-electron chi connectivity index (χ0n) is 10.6. The van der Waals surface area contributed by atoms with E-state index in [1.807, 2.05) is 13.8 Å². The van der Waals surface area contributed by atoms with Crippen LogP contribution in [0.15, 0.2) is 30.4 Å². The Bertz CT molecular complexity index is 309. The van der Waals surface area contributed by atoms with Crippen LogP contribution in [-0.4, -0.2) is 6.54 Å². The number of nitrogens with one attached hydrogen (secondary N) is 1. The first-order valence-corrected chi connectivity index (χ1v) is 5.40. The van der Waals surface area contributed by atoms with Crippen molar-refractivity contribution in [3.05, 3.63) is 41.5 Å². The second kappa shape index (κ2) is 7.10. The van der Waals surface area contributed by atoms with Crippen molar-refractivity contribution in [2.45, 2.75) is 34.6 Å². The third kappa shape index (κ3) is 6.78. The zero-order chi connectivity index (χ0) is 11.8. The van der Waals surface area contributed by atoms with Gasteiger partial charge >= 0.3 is 0 Å². The Morgan fingerprint density at radius 2 is 1.73 bits per heavy atom. The quantitative estimate of drug-likeness (QED) is 0.709. The van der Waals surface area contributed by atoms with E-state index >= 15 is 0 Å². The molecule has 0 saturated heterocycles. The maximum atomic E-state index is 3.56. The first-order valence-electron chi connectivity index (χ1n) is 5.40. The van der Waals surface area contributed by atoms with E-state index in [0.717, 1.165) is 6.54 Å². The van der Waals surface area contributed by atoms with Gasteiger partial charge in [0.25, 0.3) is 0 Å². The van der Waals surface area contributed by atoms with Gasteiger partial charge < -0.3 is 5.32 Å². The molecule has 0 saturated carbocycles. The molecular formula is C14H23N. The van der Waals surface area contributed by atoms with Crippen molar-refractivity contribution in [3.63, 3.8) is 0 Å². The fraction of sp³-hybridized carbons (Fsp3) is 0.429. The van der Waals surface area contributed by atoms with Crippen molar-refractivity contribution in [3.8, 4) is 0 Å². The molecule has 84 valence electrons. The minimum absolute atomic E-state index is 0.989. The first-order chi connectivity index (χ1) is 6.97. The van der Waals surface area contributed by atoms with E-state index in [2.05, 4.69) is 50.9 Å². The van der Waals surface area contributed by atoms with Crippen molar-refractivity contribution >= 4 is 5.69 Å². The molecule has 15 heavy (non-hydrogen) atoms. The molecule has 0 atom stereocenters. The van der Waals surface area contributed by atoms with E-state index in [9.17, 15) is 0 Å². The number of aryl methyl sites for hydroxylation is 2. The van der Waals surface area contributed by atoms with Gasteiger partial charge in [-0.15, -0.1) is 6.58 Å². The van der Waals surface area contributed by atoms with Crippen LogP contribution in [0.4, 0.5) is 5.69 Å². The van der Waals surface area contributed by atoms with Crippen LogP contribution in [0.25, 0.3) is 0 Å². The van der Waals surface area contributed by atoms with Gasteiger partial charge in [0.1, 0.15) is 0 Å². The van der Waals surface area contributed by atoms with Crippen LogP contribution in [0.5, 0.6) is 0 Å². The third-order valence-electron chi connectivity index (χ3n) is 1.89. The summed E-state index contributed by atoms with van der Waals surface area (Å²) < 4.78 is 0. The molecule has 0 heterocycles. The Morgan fingerprint density at radius 1 is 1.20 bits per heavy atom. The summed E-state index contributed by atoms with van der Waals surface area (Å²) in [7, 11) is 0.